The van der Waals surface area contributed by atoms with Crippen LogP contribution in [-0.2, 0) is 12.7 Å². The fourth-order valence-electron chi connectivity index (χ4n) is 8.98. The number of aromatic nitrogens is 2. The molecule has 4 atom stereocenters. The summed E-state index contributed by atoms with van der Waals surface area (Å²) in [4.78, 5) is 17.8. The van der Waals surface area contributed by atoms with E-state index in [1.807, 2.05) is 0 Å². The minimum atomic E-state index is -4.66. The van der Waals surface area contributed by atoms with Gasteiger partial charge < -0.3 is 0 Å². The molecule has 42 heavy (non-hydrogen) atoms. The number of fused-ring (bicyclic) bond motifs is 1. The second kappa shape index (κ2) is 9.74. The Morgan fingerprint density at radius 2 is 1.86 bits per heavy atom. The highest BCUT2D eigenvalue weighted by atomic mass is 19.4. The zero-order valence-corrected chi connectivity index (χ0v) is 24.3. The van der Waals surface area contributed by atoms with Crippen molar-refractivity contribution in [1.82, 2.24) is 29.6 Å². The highest BCUT2D eigenvalue weighted by Crippen LogP contribution is 2.73. The minimum Gasteiger partial charge on any atom is -0.298 e. The van der Waals surface area contributed by atoms with E-state index in [9.17, 15) is 26.7 Å². The minimum absolute atomic E-state index is 0.0861. The summed E-state index contributed by atoms with van der Waals surface area (Å²) in [6, 6.07) is 0.922. The molecule has 2 aliphatic heterocycles. The van der Waals surface area contributed by atoms with E-state index in [0.717, 1.165) is 55.7 Å². The summed E-state index contributed by atoms with van der Waals surface area (Å²) in [5.41, 5.74) is 6.19. The third-order valence-electron chi connectivity index (χ3n) is 11.3. The smallest absolute Gasteiger partial charge is 0.298 e. The van der Waals surface area contributed by atoms with E-state index in [0.29, 0.717) is 16.9 Å². The summed E-state index contributed by atoms with van der Waals surface area (Å²) in [7, 11) is 2.12. The summed E-state index contributed by atoms with van der Waals surface area (Å²) in [5, 5.41) is 0. The van der Waals surface area contributed by atoms with E-state index in [-0.39, 0.29) is 49.2 Å². The van der Waals surface area contributed by atoms with Gasteiger partial charge in [0.25, 0.3) is 5.92 Å². The van der Waals surface area contributed by atoms with Gasteiger partial charge in [0.15, 0.2) is 0 Å². The average molecular weight is 597 g/mol. The van der Waals surface area contributed by atoms with E-state index < -0.39 is 29.3 Å². The van der Waals surface area contributed by atoms with Crippen molar-refractivity contribution < 1.29 is 22.0 Å². The van der Waals surface area contributed by atoms with E-state index in [2.05, 4.69) is 22.8 Å². The van der Waals surface area contributed by atoms with E-state index in [1.54, 1.807) is 9.47 Å². The number of likely N-dealkylation sites (tertiary alicyclic amines) is 1. The van der Waals surface area contributed by atoms with E-state index >= 15 is 0 Å². The summed E-state index contributed by atoms with van der Waals surface area (Å²) in [6.07, 6.45) is 6.51. The van der Waals surface area contributed by atoms with Crippen LogP contribution in [0.25, 0.3) is 5.52 Å². The molecule has 7 nitrogen and oxygen atoms in total. The van der Waals surface area contributed by atoms with Gasteiger partial charge in [0, 0.05) is 55.8 Å². The molecule has 1 spiro atoms. The van der Waals surface area contributed by atoms with Crippen LogP contribution in [0.2, 0.25) is 0 Å². The van der Waals surface area contributed by atoms with Gasteiger partial charge in [-0.25, -0.2) is 24.4 Å². The van der Waals surface area contributed by atoms with Crippen molar-refractivity contribution in [1.29, 1.82) is 0 Å². The average Bonchev–Trinajstić information content (AvgIpc) is 3.48. The number of halogens is 5. The predicted octanol–water partition coefficient (Wildman–Crippen LogP) is 5.21. The first kappa shape index (κ1) is 28.7. The Bertz CT molecular complexity index is 1410. The van der Waals surface area contributed by atoms with Gasteiger partial charge in [-0.05, 0) is 75.0 Å². The first-order valence-corrected chi connectivity index (χ1v) is 15.4. The van der Waals surface area contributed by atoms with Crippen LogP contribution in [0.15, 0.2) is 23.3 Å². The molecular formula is C30H41F5N6O. The van der Waals surface area contributed by atoms with E-state index in [1.165, 1.54) is 32.2 Å². The first-order valence-electron chi connectivity index (χ1n) is 15.4. The molecular weight excluding hydrogens is 555 g/mol. The molecule has 2 N–H and O–H groups in total. The number of imidazole rings is 1. The van der Waals surface area contributed by atoms with Crippen LogP contribution in [0.3, 0.4) is 0 Å². The summed E-state index contributed by atoms with van der Waals surface area (Å²) in [6.45, 7) is 2.51. The molecule has 4 heterocycles. The van der Waals surface area contributed by atoms with Gasteiger partial charge in [-0.1, -0.05) is 13.3 Å². The number of piperidine rings is 1. The van der Waals surface area contributed by atoms with Crippen LogP contribution in [0.5, 0.6) is 0 Å². The molecule has 0 radical (unpaired) electrons. The van der Waals surface area contributed by atoms with Crippen LogP contribution in [0, 0.1) is 22.7 Å². The maximum atomic E-state index is 14.3. The van der Waals surface area contributed by atoms with Crippen LogP contribution < -0.4 is 16.5 Å². The van der Waals surface area contributed by atoms with Crippen LogP contribution in [0.4, 0.5) is 22.0 Å². The monoisotopic (exact) mass is 596 g/mol. The van der Waals surface area contributed by atoms with Crippen molar-refractivity contribution in [2.45, 2.75) is 95.6 Å². The molecule has 0 amide bonds. The zero-order valence-electron chi connectivity index (χ0n) is 24.3. The maximum Gasteiger partial charge on any atom is 0.418 e. The number of hydrazine groups is 1. The Hall–Kier alpha value is -2.02. The molecule has 3 aliphatic carbocycles. The molecule has 2 saturated heterocycles. The fourth-order valence-corrected chi connectivity index (χ4v) is 8.98. The molecule has 5 aliphatic rings. The quantitative estimate of drug-likeness (QED) is 0.465. The lowest BCUT2D eigenvalue weighted by Crippen LogP contribution is -2.61. The van der Waals surface area contributed by atoms with Gasteiger partial charge >= 0.3 is 11.9 Å². The molecule has 0 bridgehead atoms. The molecule has 5 fully saturated rings. The normalized spacial score (nSPS) is 32.8. The number of nitrogens with zero attached hydrogens (tertiary/aromatic N) is 4. The lowest BCUT2D eigenvalue weighted by molar-refractivity contribution is -0.136. The topological polar surface area (TPSA) is 57.0 Å². The fraction of sp³-hybridized carbons (Fsp3) is 0.767. The number of nitrogens with one attached hydrogen (secondary N) is 2. The molecule has 2 aromatic rings. The van der Waals surface area contributed by atoms with Gasteiger partial charge in [0.1, 0.15) is 0 Å². The van der Waals surface area contributed by atoms with Crippen molar-refractivity contribution in [3.8, 4) is 0 Å². The lowest BCUT2D eigenvalue weighted by Gasteiger charge is -2.59. The van der Waals surface area contributed by atoms with Crippen LogP contribution >= 0.6 is 0 Å². The third kappa shape index (κ3) is 4.71. The third-order valence-corrected chi connectivity index (χ3v) is 11.3. The lowest BCUT2D eigenvalue weighted by atomic mass is 9.49. The first-order chi connectivity index (χ1) is 19.8. The second-order valence-electron chi connectivity index (χ2n) is 14.2. The second-order valence-corrected chi connectivity index (χ2v) is 14.2. The number of alkyl halides is 5. The van der Waals surface area contributed by atoms with E-state index in [4.69, 9.17) is 0 Å². The zero-order chi connectivity index (χ0) is 29.7. The van der Waals surface area contributed by atoms with Crippen LogP contribution in [0.1, 0.15) is 81.9 Å². The number of rotatable bonds is 5. The van der Waals surface area contributed by atoms with Gasteiger partial charge in [-0.3, -0.25) is 18.8 Å². The number of hydrogen-bond donors (Lipinski definition) is 2. The largest absolute Gasteiger partial charge is 0.418 e. The molecule has 232 valence electrons. The Kier molecular flexibility index (Phi) is 6.66. The molecule has 0 aromatic carbocycles. The Labute approximate surface area is 242 Å². The Morgan fingerprint density at radius 3 is 2.50 bits per heavy atom. The van der Waals surface area contributed by atoms with Gasteiger partial charge in [-0.15, -0.1) is 0 Å². The predicted molar refractivity (Wildman–Crippen MR) is 148 cm³/mol. The molecule has 12 heteroatoms. The molecule has 3 saturated carbocycles. The summed E-state index contributed by atoms with van der Waals surface area (Å²) < 4.78 is 73.7. The highest BCUT2D eigenvalue weighted by molar-refractivity contribution is 5.56. The molecule has 3 unspecified atom stereocenters. The van der Waals surface area contributed by atoms with Gasteiger partial charge in [0.05, 0.1) is 23.9 Å². The number of pyridine rings is 1. The van der Waals surface area contributed by atoms with Crippen molar-refractivity contribution in [2.75, 3.05) is 26.8 Å². The van der Waals surface area contributed by atoms with Crippen molar-refractivity contribution in [3.63, 3.8) is 0 Å². The SMILES string of the molecule is C[C@@H]1CN(Cc2cc(C(F)(F)F)c3cn(C4CCCC(C5(C6NNCN6C)CC6(CC6)C5)C4)c(=O)n3c2)CCC1(F)F. The summed E-state index contributed by atoms with van der Waals surface area (Å²) >= 11 is 0. The van der Waals surface area contributed by atoms with Gasteiger partial charge in [-0.2, -0.15) is 13.2 Å². The van der Waals surface area contributed by atoms with Gasteiger partial charge in [0.2, 0.25) is 0 Å². The standard InChI is InChI=1S/C30H41F5N6O/c1-19-12-39(9-8-29(19,31)32)13-20-10-23(30(33,34)35)24-15-40(26(42)41(24)14-20)22-5-3-4-21(11-22)28(16-27(17-28)6-7-27)25-37-36-18-38(25)2/h10,14-15,19,21-22,25,36-37H,3-9,11-13,16-18H2,1-2H3/t19-,21?,22?,25?/m1/s1. The Morgan fingerprint density at radius 1 is 1.10 bits per heavy atom. The van der Waals surface area contributed by atoms with Crippen molar-refractivity contribution in [2.24, 2.45) is 22.7 Å². The van der Waals surface area contributed by atoms with Crippen LogP contribution in [-0.4, -0.2) is 57.7 Å². The summed E-state index contributed by atoms with van der Waals surface area (Å²) in [5.74, 6) is -3.29. The van der Waals surface area contributed by atoms with Crippen molar-refractivity contribution >= 4 is 5.52 Å². The number of hydrogen-bond acceptors (Lipinski definition) is 5. The Balaban J connectivity index is 1.19. The molecule has 2 aromatic heterocycles. The van der Waals surface area contributed by atoms with Crippen molar-refractivity contribution in [3.05, 3.63) is 40.1 Å². The maximum absolute atomic E-state index is 14.3. The molecule has 7 rings (SSSR count). The highest BCUT2D eigenvalue weighted by Gasteiger charge is 2.67.